The fraction of sp³-hybridized carbons (Fsp3) is 0.0667. The van der Waals surface area contributed by atoms with Gasteiger partial charge in [0.1, 0.15) is 0 Å². The van der Waals surface area contributed by atoms with Crippen molar-refractivity contribution in [2.75, 3.05) is 4.90 Å². The minimum absolute atomic E-state index is 0.110. The predicted molar refractivity (Wildman–Crippen MR) is 82.5 cm³/mol. The van der Waals surface area contributed by atoms with E-state index in [0.717, 1.165) is 16.7 Å². The highest BCUT2D eigenvalue weighted by atomic mass is 79.9. The van der Waals surface area contributed by atoms with Crippen LogP contribution in [0.15, 0.2) is 53.1 Å². The second kappa shape index (κ2) is 5.09. The molecule has 4 nitrogen and oxygen atoms in total. The van der Waals surface area contributed by atoms with Crippen molar-refractivity contribution in [1.82, 2.24) is 0 Å². The summed E-state index contributed by atoms with van der Waals surface area (Å²) < 4.78 is 1.06. The maximum atomic E-state index is 10.7. The van der Waals surface area contributed by atoms with Crippen LogP contribution in [0.5, 0.6) is 0 Å². The molecule has 5 heteroatoms. The van der Waals surface area contributed by atoms with Crippen molar-refractivity contribution in [2.24, 2.45) is 0 Å². The Morgan fingerprint density at radius 3 is 2.60 bits per heavy atom. The van der Waals surface area contributed by atoms with E-state index in [1.165, 1.54) is 23.3 Å². The number of anilines is 1. The lowest BCUT2D eigenvalue weighted by Crippen LogP contribution is -2.18. The van der Waals surface area contributed by atoms with Crippen LogP contribution in [0.1, 0.15) is 11.1 Å². The van der Waals surface area contributed by atoms with Gasteiger partial charge in [0.05, 0.1) is 4.92 Å². The SMILES string of the molecule is O=[N+]([O-])c1ccc(N2C=Cc3cc(Br)ccc3C2)cc1. The molecule has 0 aliphatic carbocycles. The maximum absolute atomic E-state index is 10.7. The average Bonchev–Trinajstić information content (AvgIpc) is 2.47. The Morgan fingerprint density at radius 1 is 1.15 bits per heavy atom. The van der Waals surface area contributed by atoms with Crippen molar-refractivity contribution in [1.29, 1.82) is 0 Å². The van der Waals surface area contributed by atoms with Crippen molar-refractivity contribution in [3.8, 4) is 0 Å². The first-order chi connectivity index (χ1) is 9.63. The van der Waals surface area contributed by atoms with E-state index in [9.17, 15) is 10.1 Å². The van der Waals surface area contributed by atoms with Crippen molar-refractivity contribution >= 4 is 33.4 Å². The average molecular weight is 331 g/mol. The van der Waals surface area contributed by atoms with Crippen molar-refractivity contribution < 1.29 is 4.92 Å². The van der Waals surface area contributed by atoms with E-state index in [0.29, 0.717) is 0 Å². The molecule has 0 radical (unpaired) electrons. The normalized spacial score (nSPS) is 13.2. The zero-order valence-electron chi connectivity index (χ0n) is 10.5. The number of halogens is 1. The summed E-state index contributed by atoms with van der Waals surface area (Å²) in [5.74, 6) is 0. The van der Waals surface area contributed by atoms with Gasteiger partial charge in [0.15, 0.2) is 0 Å². The Bertz CT molecular complexity index is 696. The van der Waals surface area contributed by atoms with E-state index < -0.39 is 0 Å². The molecule has 0 unspecified atom stereocenters. The summed E-state index contributed by atoms with van der Waals surface area (Å²) in [6.07, 6.45) is 4.04. The van der Waals surface area contributed by atoms with Gasteiger partial charge in [-0.3, -0.25) is 10.1 Å². The molecular weight excluding hydrogens is 320 g/mol. The molecule has 1 aliphatic rings. The molecule has 0 N–H and O–H groups in total. The molecule has 0 fully saturated rings. The zero-order valence-corrected chi connectivity index (χ0v) is 12.1. The molecule has 2 aromatic rings. The predicted octanol–water partition coefficient (Wildman–Crippen LogP) is 4.35. The molecule has 3 rings (SSSR count). The fourth-order valence-electron chi connectivity index (χ4n) is 2.21. The molecule has 0 saturated carbocycles. The molecular formula is C15H11BrN2O2. The number of non-ortho nitro benzene ring substituents is 1. The Hall–Kier alpha value is -2.14. The standard InChI is InChI=1S/C15H11BrN2O2/c16-13-2-1-12-10-17(8-7-11(12)9-13)14-3-5-15(6-4-14)18(19)20/h1-9H,10H2. The Labute approximate surface area is 124 Å². The lowest BCUT2D eigenvalue weighted by Gasteiger charge is -2.25. The lowest BCUT2D eigenvalue weighted by atomic mass is 10.0. The largest absolute Gasteiger partial charge is 0.344 e. The quantitative estimate of drug-likeness (QED) is 0.607. The van der Waals surface area contributed by atoms with Crippen LogP contribution < -0.4 is 4.90 Å². The summed E-state index contributed by atoms with van der Waals surface area (Å²) in [6, 6.07) is 12.8. The first-order valence-electron chi connectivity index (χ1n) is 6.11. The van der Waals surface area contributed by atoms with Gasteiger partial charge in [0.25, 0.3) is 5.69 Å². The van der Waals surface area contributed by atoms with Crippen LogP contribution in [-0.2, 0) is 6.54 Å². The molecule has 0 saturated heterocycles. The number of nitro benzene ring substituents is 1. The topological polar surface area (TPSA) is 46.4 Å². The van der Waals surface area contributed by atoms with Crippen LogP contribution >= 0.6 is 15.9 Å². The first kappa shape index (κ1) is 12.9. The van der Waals surface area contributed by atoms with E-state index in [-0.39, 0.29) is 10.6 Å². The molecule has 1 aliphatic heterocycles. The molecule has 20 heavy (non-hydrogen) atoms. The summed E-state index contributed by atoms with van der Waals surface area (Å²) in [4.78, 5) is 12.3. The minimum Gasteiger partial charge on any atom is -0.344 e. The van der Waals surface area contributed by atoms with Crippen LogP contribution in [0.25, 0.3) is 6.08 Å². The molecule has 100 valence electrons. The number of hydrogen-bond donors (Lipinski definition) is 0. The molecule has 0 spiro atoms. The monoisotopic (exact) mass is 330 g/mol. The second-order valence-corrected chi connectivity index (χ2v) is 5.48. The summed E-state index contributed by atoms with van der Waals surface area (Å²) in [6.45, 7) is 0.761. The van der Waals surface area contributed by atoms with Gasteiger partial charge in [0, 0.05) is 35.0 Å². The van der Waals surface area contributed by atoms with E-state index in [1.807, 2.05) is 18.3 Å². The van der Waals surface area contributed by atoms with Crippen molar-refractivity contribution in [3.63, 3.8) is 0 Å². The van der Waals surface area contributed by atoms with Crippen LogP contribution in [0.3, 0.4) is 0 Å². The van der Waals surface area contributed by atoms with Gasteiger partial charge in [-0.25, -0.2) is 0 Å². The fourth-order valence-corrected chi connectivity index (χ4v) is 2.59. The number of rotatable bonds is 2. The van der Waals surface area contributed by atoms with Gasteiger partial charge in [-0.15, -0.1) is 0 Å². The third-order valence-corrected chi connectivity index (χ3v) is 3.77. The Morgan fingerprint density at radius 2 is 1.90 bits per heavy atom. The van der Waals surface area contributed by atoms with Crippen LogP contribution in [-0.4, -0.2) is 4.92 Å². The van der Waals surface area contributed by atoms with Gasteiger partial charge < -0.3 is 4.90 Å². The highest BCUT2D eigenvalue weighted by molar-refractivity contribution is 9.10. The summed E-state index contributed by atoms with van der Waals surface area (Å²) in [7, 11) is 0. The zero-order chi connectivity index (χ0) is 14.1. The number of hydrogen-bond acceptors (Lipinski definition) is 3. The summed E-state index contributed by atoms with van der Waals surface area (Å²) >= 11 is 3.46. The molecule has 2 aromatic carbocycles. The van der Waals surface area contributed by atoms with Gasteiger partial charge in [-0.1, -0.05) is 22.0 Å². The summed E-state index contributed by atoms with van der Waals surface area (Å²) in [5.41, 5.74) is 3.48. The van der Waals surface area contributed by atoms with Crippen molar-refractivity contribution in [2.45, 2.75) is 6.54 Å². The third-order valence-electron chi connectivity index (χ3n) is 3.27. The van der Waals surface area contributed by atoms with E-state index in [1.54, 1.807) is 12.1 Å². The van der Waals surface area contributed by atoms with Gasteiger partial charge in [-0.2, -0.15) is 0 Å². The van der Waals surface area contributed by atoms with Gasteiger partial charge >= 0.3 is 0 Å². The minimum atomic E-state index is -0.386. The van der Waals surface area contributed by atoms with Crippen molar-refractivity contribution in [3.05, 3.63) is 74.4 Å². The first-order valence-corrected chi connectivity index (χ1v) is 6.90. The van der Waals surface area contributed by atoms with Crippen LogP contribution in [0.2, 0.25) is 0 Å². The van der Waals surface area contributed by atoms with Crippen LogP contribution in [0.4, 0.5) is 11.4 Å². The van der Waals surface area contributed by atoms with E-state index in [4.69, 9.17) is 0 Å². The van der Waals surface area contributed by atoms with E-state index in [2.05, 4.69) is 33.0 Å². The molecule has 0 bridgehead atoms. The van der Waals surface area contributed by atoms with Crippen LogP contribution in [0, 0.1) is 10.1 Å². The number of nitrogens with zero attached hydrogens (tertiary/aromatic N) is 2. The smallest absolute Gasteiger partial charge is 0.269 e. The number of benzene rings is 2. The Balaban J connectivity index is 1.87. The molecule has 0 atom stereocenters. The highest BCUT2D eigenvalue weighted by Gasteiger charge is 2.13. The second-order valence-electron chi connectivity index (χ2n) is 4.56. The number of nitro groups is 1. The van der Waals surface area contributed by atoms with E-state index >= 15 is 0 Å². The van der Waals surface area contributed by atoms with Gasteiger partial charge in [0.2, 0.25) is 0 Å². The van der Waals surface area contributed by atoms with Gasteiger partial charge in [-0.05, 0) is 41.5 Å². The molecule has 0 aromatic heterocycles. The third kappa shape index (κ3) is 2.44. The molecule has 0 amide bonds. The highest BCUT2D eigenvalue weighted by Crippen LogP contribution is 2.28. The Kier molecular flexibility index (Phi) is 3.28. The maximum Gasteiger partial charge on any atom is 0.269 e. The summed E-state index contributed by atoms with van der Waals surface area (Å²) in [5, 5.41) is 10.7. The molecule has 1 heterocycles. The number of fused-ring (bicyclic) bond motifs is 1. The lowest BCUT2D eigenvalue weighted by molar-refractivity contribution is -0.384.